The highest BCUT2D eigenvalue weighted by Gasteiger charge is 2.12. The third-order valence-corrected chi connectivity index (χ3v) is 2.76. The normalized spacial score (nSPS) is 19.6. The van der Waals surface area contributed by atoms with Crippen LogP contribution in [-0.4, -0.2) is 25.8 Å². The minimum absolute atomic E-state index is 0.136. The van der Waals surface area contributed by atoms with Crippen LogP contribution in [0.15, 0.2) is 12.2 Å². The van der Waals surface area contributed by atoms with Gasteiger partial charge >= 0.3 is 5.97 Å². The minimum Gasteiger partial charge on any atom is -0.465 e. The van der Waals surface area contributed by atoms with Crippen LogP contribution in [0.2, 0.25) is 0 Å². The highest BCUT2D eigenvalue weighted by Crippen LogP contribution is 2.18. The van der Waals surface area contributed by atoms with E-state index in [-0.39, 0.29) is 5.97 Å². The average molecular weight is 240 g/mol. The summed E-state index contributed by atoms with van der Waals surface area (Å²) in [6, 6.07) is 0. The molecule has 0 saturated heterocycles. The van der Waals surface area contributed by atoms with Crippen LogP contribution in [0.1, 0.15) is 39.5 Å². The minimum atomic E-state index is -0.136. The van der Waals surface area contributed by atoms with Gasteiger partial charge in [-0.2, -0.15) is 0 Å². The molecule has 0 saturated carbocycles. The lowest BCUT2D eigenvalue weighted by atomic mass is 9.95. The summed E-state index contributed by atoms with van der Waals surface area (Å²) >= 11 is 0. The molecule has 0 aromatic rings. The first kappa shape index (κ1) is 14.2. The Labute approximate surface area is 104 Å². The van der Waals surface area contributed by atoms with E-state index in [9.17, 15) is 4.79 Å². The van der Waals surface area contributed by atoms with Crippen molar-refractivity contribution < 1.29 is 14.3 Å². The quantitative estimate of drug-likeness (QED) is 0.390. The van der Waals surface area contributed by atoms with E-state index < -0.39 is 0 Å². The van der Waals surface area contributed by atoms with Crippen LogP contribution in [0, 0.1) is 11.8 Å². The van der Waals surface area contributed by atoms with Crippen molar-refractivity contribution in [3.63, 3.8) is 0 Å². The summed E-state index contributed by atoms with van der Waals surface area (Å²) in [4.78, 5) is 11.4. The van der Waals surface area contributed by atoms with Crippen molar-refractivity contribution in [3.8, 4) is 0 Å². The number of ether oxygens (including phenoxy) is 2. The zero-order chi connectivity index (χ0) is 12.5. The molecule has 0 aliphatic heterocycles. The summed E-state index contributed by atoms with van der Waals surface area (Å²) in [6.45, 7) is 5.93. The van der Waals surface area contributed by atoms with Crippen molar-refractivity contribution in [1.82, 2.24) is 0 Å². The molecule has 0 N–H and O–H groups in total. The molecule has 3 heteroatoms. The monoisotopic (exact) mass is 240 g/mol. The molecule has 0 spiro atoms. The van der Waals surface area contributed by atoms with E-state index in [1.165, 1.54) is 0 Å². The largest absolute Gasteiger partial charge is 0.465 e. The van der Waals surface area contributed by atoms with Crippen LogP contribution in [0.25, 0.3) is 0 Å². The molecule has 1 aliphatic rings. The molecule has 0 aromatic carbocycles. The molecule has 17 heavy (non-hydrogen) atoms. The summed E-state index contributed by atoms with van der Waals surface area (Å²) < 4.78 is 10.6. The molecule has 0 amide bonds. The SMILES string of the molecule is CC(C)COCCC(=O)OCC1CC=CCC1. The Hall–Kier alpha value is -0.830. The summed E-state index contributed by atoms with van der Waals surface area (Å²) in [5, 5.41) is 0. The predicted molar refractivity (Wildman–Crippen MR) is 67.7 cm³/mol. The van der Waals surface area contributed by atoms with Gasteiger partial charge in [-0.25, -0.2) is 0 Å². The van der Waals surface area contributed by atoms with Gasteiger partial charge < -0.3 is 9.47 Å². The van der Waals surface area contributed by atoms with E-state index >= 15 is 0 Å². The standard InChI is InChI=1S/C14H24O3/c1-12(2)10-16-9-8-14(15)17-11-13-6-4-3-5-7-13/h3-4,12-13H,5-11H2,1-2H3. The summed E-state index contributed by atoms with van der Waals surface area (Å²) in [5.41, 5.74) is 0. The third-order valence-electron chi connectivity index (χ3n) is 2.76. The van der Waals surface area contributed by atoms with Crippen LogP contribution in [0.5, 0.6) is 0 Å². The van der Waals surface area contributed by atoms with Crippen LogP contribution in [0.3, 0.4) is 0 Å². The number of hydrogen-bond donors (Lipinski definition) is 0. The molecule has 0 bridgehead atoms. The lowest BCUT2D eigenvalue weighted by Gasteiger charge is -2.17. The maximum absolute atomic E-state index is 11.4. The second-order valence-electron chi connectivity index (χ2n) is 5.05. The second-order valence-corrected chi connectivity index (χ2v) is 5.05. The highest BCUT2D eigenvalue weighted by atomic mass is 16.5. The number of esters is 1. The molecule has 0 radical (unpaired) electrons. The van der Waals surface area contributed by atoms with Crippen molar-refractivity contribution in [1.29, 1.82) is 0 Å². The van der Waals surface area contributed by atoms with Crippen molar-refractivity contribution >= 4 is 5.97 Å². The fourth-order valence-corrected chi connectivity index (χ4v) is 1.77. The van der Waals surface area contributed by atoms with Gasteiger partial charge in [-0.15, -0.1) is 0 Å². The summed E-state index contributed by atoms with van der Waals surface area (Å²) in [5.74, 6) is 0.892. The van der Waals surface area contributed by atoms with Crippen molar-refractivity contribution in [2.45, 2.75) is 39.5 Å². The van der Waals surface area contributed by atoms with Gasteiger partial charge in [0.25, 0.3) is 0 Å². The molecule has 1 unspecified atom stereocenters. The summed E-state index contributed by atoms with van der Waals surface area (Å²) in [6.07, 6.45) is 8.02. The third kappa shape index (κ3) is 7.16. The molecule has 98 valence electrons. The van der Waals surface area contributed by atoms with E-state index in [1.807, 2.05) is 0 Å². The van der Waals surface area contributed by atoms with Crippen LogP contribution >= 0.6 is 0 Å². The van der Waals surface area contributed by atoms with Crippen molar-refractivity contribution in [3.05, 3.63) is 12.2 Å². The Morgan fingerprint density at radius 2 is 2.24 bits per heavy atom. The molecule has 1 rings (SSSR count). The Morgan fingerprint density at radius 3 is 2.88 bits per heavy atom. The molecule has 1 atom stereocenters. The fourth-order valence-electron chi connectivity index (χ4n) is 1.77. The smallest absolute Gasteiger partial charge is 0.308 e. The van der Waals surface area contributed by atoms with Crippen LogP contribution < -0.4 is 0 Å². The zero-order valence-corrected chi connectivity index (χ0v) is 11.0. The van der Waals surface area contributed by atoms with E-state index in [0.717, 1.165) is 19.3 Å². The molecule has 1 aliphatic carbocycles. The van der Waals surface area contributed by atoms with Gasteiger partial charge in [-0.3, -0.25) is 4.79 Å². The fraction of sp³-hybridized carbons (Fsp3) is 0.786. The maximum Gasteiger partial charge on any atom is 0.308 e. The van der Waals surface area contributed by atoms with E-state index in [2.05, 4.69) is 26.0 Å². The molecule has 3 nitrogen and oxygen atoms in total. The van der Waals surface area contributed by atoms with Crippen LogP contribution in [0.4, 0.5) is 0 Å². The summed E-state index contributed by atoms with van der Waals surface area (Å²) in [7, 11) is 0. The van der Waals surface area contributed by atoms with Gasteiger partial charge in [-0.05, 0) is 31.1 Å². The Bertz CT molecular complexity index is 246. The van der Waals surface area contributed by atoms with Gasteiger partial charge in [0.2, 0.25) is 0 Å². The first-order chi connectivity index (χ1) is 8.18. The number of allylic oxidation sites excluding steroid dienone is 2. The van der Waals surface area contributed by atoms with E-state index in [4.69, 9.17) is 9.47 Å². The van der Waals surface area contributed by atoms with Crippen molar-refractivity contribution in [2.75, 3.05) is 19.8 Å². The zero-order valence-electron chi connectivity index (χ0n) is 11.0. The van der Waals surface area contributed by atoms with Gasteiger partial charge in [-0.1, -0.05) is 26.0 Å². The van der Waals surface area contributed by atoms with Gasteiger partial charge in [0.05, 0.1) is 19.6 Å². The average Bonchev–Trinajstić information content (AvgIpc) is 2.33. The molecular formula is C14H24O3. The topological polar surface area (TPSA) is 35.5 Å². The lowest BCUT2D eigenvalue weighted by Crippen LogP contribution is -2.16. The number of rotatable bonds is 7. The predicted octanol–water partition coefficient (Wildman–Crippen LogP) is 2.95. The van der Waals surface area contributed by atoms with E-state index in [1.54, 1.807) is 0 Å². The first-order valence-electron chi connectivity index (χ1n) is 6.57. The number of hydrogen-bond acceptors (Lipinski definition) is 3. The second kappa shape index (κ2) is 8.29. The molecule has 0 heterocycles. The molecule has 0 fully saturated rings. The van der Waals surface area contributed by atoms with E-state index in [0.29, 0.717) is 38.1 Å². The number of carbonyl (C=O) groups excluding carboxylic acids is 1. The Morgan fingerprint density at radius 1 is 1.41 bits per heavy atom. The lowest BCUT2D eigenvalue weighted by molar-refractivity contribution is -0.146. The Kier molecular flexibility index (Phi) is 6.94. The maximum atomic E-state index is 11.4. The van der Waals surface area contributed by atoms with Gasteiger partial charge in [0, 0.05) is 6.61 Å². The number of carbonyl (C=O) groups is 1. The van der Waals surface area contributed by atoms with Gasteiger partial charge in [0.15, 0.2) is 0 Å². The van der Waals surface area contributed by atoms with Crippen molar-refractivity contribution in [2.24, 2.45) is 11.8 Å². The highest BCUT2D eigenvalue weighted by molar-refractivity contribution is 5.69. The van der Waals surface area contributed by atoms with Gasteiger partial charge in [0.1, 0.15) is 0 Å². The molecule has 0 aromatic heterocycles. The Balaban J connectivity index is 1.99. The first-order valence-corrected chi connectivity index (χ1v) is 6.57. The van der Waals surface area contributed by atoms with Crippen LogP contribution in [-0.2, 0) is 14.3 Å². The molecular weight excluding hydrogens is 216 g/mol.